The fraction of sp³-hybridized carbons (Fsp3) is 1.00. The molecule has 0 aromatic heterocycles. The van der Waals surface area contributed by atoms with E-state index in [0.717, 1.165) is 6.04 Å². The highest BCUT2D eigenvalue weighted by molar-refractivity contribution is 4.84. The number of hydrogen-bond donors (Lipinski definition) is 1. The molecule has 1 aliphatic carbocycles. The monoisotopic (exact) mass is 210 g/mol. The predicted octanol–water partition coefficient (Wildman–Crippen LogP) is 2.25. The maximum absolute atomic E-state index is 3.49. The van der Waals surface area contributed by atoms with Crippen molar-refractivity contribution in [1.82, 2.24) is 10.2 Å². The van der Waals surface area contributed by atoms with E-state index in [0.29, 0.717) is 5.41 Å². The molecule has 2 aliphatic rings. The van der Waals surface area contributed by atoms with E-state index in [9.17, 15) is 0 Å². The first kappa shape index (κ1) is 11.4. The maximum atomic E-state index is 3.49. The van der Waals surface area contributed by atoms with Crippen molar-refractivity contribution in [2.75, 3.05) is 26.2 Å². The third-order valence-corrected chi connectivity index (χ3v) is 4.20. The zero-order valence-electron chi connectivity index (χ0n) is 10.4. The molecule has 1 N–H and O–H groups in total. The molecule has 2 heteroatoms. The first-order valence-electron chi connectivity index (χ1n) is 6.62. The zero-order chi connectivity index (χ0) is 10.7. The molecule has 15 heavy (non-hydrogen) atoms. The molecule has 2 nitrogen and oxygen atoms in total. The molecule has 0 aromatic carbocycles. The van der Waals surface area contributed by atoms with Crippen LogP contribution in [-0.4, -0.2) is 37.1 Å². The Kier molecular flexibility index (Phi) is 3.68. The molecule has 0 bridgehead atoms. The summed E-state index contributed by atoms with van der Waals surface area (Å²) < 4.78 is 0. The Balaban J connectivity index is 1.83. The number of nitrogens with one attached hydrogen (secondary N) is 1. The minimum atomic E-state index is 0.612. The molecule has 1 saturated heterocycles. The first-order valence-corrected chi connectivity index (χ1v) is 6.62. The van der Waals surface area contributed by atoms with Crippen molar-refractivity contribution >= 4 is 0 Å². The van der Waals surface area contributed by atoms with Crippen molar-refractivity contribution in [3.05, 3.63) is 0 Å². The molecule has 0 aromatic rings. The van der Waals surface area contributed by atoms with Crippen LogP contribution in [0.25, 0.3) is 0 Å². The van der Waals surface area contributed by atoms with Crippen LogP contribution in [0.5, 0.6) is 0 Å². The molecule has 0 spiro atoms. The van der Waals surface area contributed by atoms with Gasteiger partial charge in [-0.15, -0.1) is 0 Å². The average Bonchev–Trinajstić information content (AvgIpc) is 2.46. The summed E-state index contributed by atoms with van der Waals surface area (Å²) in [6.07, 6.45) is 7.02. The van der Waals surface area contributed by atoms with E-state index in [-0.39, 0.29) is 0 Å². The van der Waals surface area contributed by atoms with E-state index in [1.165, 1.54) is 58.3 Å². The summed E-state index contributed by atoms with van der Waals surface area (Å²) >= 11 is 0. The summed E-state index contributed by atoms with van der Waals surface area (Å²) in [6.45, 7) is 9.85. The van der Waals surface area contributed by atoms with Gasteiger partial charge in [-0.3, -0.25) is 4.90 Å². The predicted molar refractivity (Wildman–Crippen MR) is 65.1 cm³/mol. The fourth-order valence-corrected chi connectivity index (χ4v) is 2.98. The molecule has 1 saturated carbocycles. The van der Waals surface area contributed by atoms with Crippen LogP contribution in [-0.2, 0) is 0 Å². The minimum absolute atomic E-state index is 0.612. The highest BCUT2D eigenvalue weighted by atomic mass is 15.2. The lowest BCUT2D eigenvalue weighted by molar-refractivity contribution is 0.112. The Morgan fingerprint density at radius 3 is 2.53 bits per heavy atom. The molecule has 1 heterocycles. The van der Waals surface area contributed by atoms with Gasteiger partial charge >= 0.3 is 0 Å². The van der Waals surface area contributed by atoms with Crippen LogP contribution in [0.3, 0.4) is 0 Å². The quantitative estimate of drug-likeness (QED) is 0.714. The molecular weight excluding hydrogens is 184 g/mol. The van der Waals surface area contributed by atoms with Gasteiger partial charge in [-0.05, 0) is 50.6 Å². The Labute approximate surface area is 94.4 Å². The lowest BCUT2D eigenvalue weighted by Gasteiger charge is -2.39. The highest BCUT2D eigenvalue weighted by Crippen LogP contribution is 2.36. The van der Waals surface area contributed by atoms with Crippen LogP contribution in [0.2, 0.25) is 0 Å². The largest absolute Gasteiger partial charge is 0.315 e. The molecule has 1 aliphatic heterocycles. The Morgan fingerprint density at radius 2 is 1.80 bits per heavy atom. The molecule has 2 rings (SSSR count). The van der Waals surface area contributed by atoms with Crippen LogP contribution in [0.15, 0.2) is 0 Å². The van der Waals surface area contributed by atoms with Gasteiger partial charge in [0.2, 0.25) is 0 Å². The zero-order valence-corrected chi connectivity index (χ0v) is 10.4. The van der Waals surface area contributed by atoms with Crippen molar-refractivity contribution in [2.45, 2.75) is 52.0 Å². The topological polar surface area (TPSA) is 15.3 Å². The average molecular weight is 210 g/mol. The summed E-state index contributed by atoms with van der Waals surface area (Å²) in [5, 5.41) is 3.49. The van der Waals surface area contributed by atoms with Crippen LogP contribution < -0.4 is 5.32 Å². The summed E-state index contributed by atoms with van der Waals surface area (Å²) in [5.41, 5.74) is 0.612. The third-order valence-electron chi connectivity index (χ3n) is 4.20. The second-order valence-electron chi connectivity index (χ2n) is 6.03. The third kappa shape index (κ3) is 3.18. The van der Waals surface area contributed by atoms with E-state index in [2.05, 4.69) is 24.1 Å². The lowest BCUT2D eigenvalue weighted by atomic mass is 9.75. The first-order chi connectivity index (χ1) is 7.17. The van der Waals surface area contributed by atoms with E-state index in [1.807, 2.05) is 0 Å². The van der Waals surface area contributed by atoms with Gasteiger partial charge in [0.25, 0.3) is 0 Å². The van der Waals surface area contributed by atoms with E-state index in [1.54, 1.807) is 0 Å². The number of hydrogen-bond acceptors (Lipinski definition) is 2. The Hall–Kier alpha value is -0.0800. The van der Waals surface area contributed by atoms with Crippen molar-refractivity contribution in [1.29, 1.82) is 0 Å². The lowest BCUT2D eigenvalue weighted by Crippen LogP contribution is -2.41. The van der Waals surface area contributed by atoms with Crippen molar-refractivity contribution < 1.29 is 0 Å². The molecule has 2 fully saturated rings. The standard InChI is InChI=1S/C13H26N2/c1-13(2)6-4-12(5-7-13)15-10-3-8-14-9-11-15/h12,14H,3-11H2,1-2H3. The normalized spacial score (nSPS) is 30.0. The van der Waals surface area contributed by atoms with Gasteiger partial charge in [-0.1, -0.05) is 13.8 Å². The Morgan fingerprint density at radius 1 is 1.07 bits per heavy atom. The number of nitrogens with zero attached hydrogens (tertiary/aromatic N) is 1. The fourth-order valence-electron chi connectivity index (χ4n) is 2.98. The van der Waals surface area contributed by atoms with Gasteiger partial charge in [0.05, 0.1) is 0 Å². The van der Waals surface area contributed by atoms with Gasteiger partial charge in [-0.25, -0.2) is 0 Å². The molecule has 0 radical (unpaired) electrons. The van der Waals surface area contributed by atoms with Gasteiger partial charge in [0, 0.05) is 19.1 Å². The highest BCUT2D eigenvalue weighted by Gasteiger charge is 2.29. The summed E-state index contributed by atoms with van der Waals surface area (Å²) in [4.78, 5) is 2.73. The molecule has 0 unspecified atom stereocenters. The smallest absolute Gasteiger partial charge is 0.0110 e. The van der Waals surface area contributed by atoms with Crippen LogP contribution >= 0.6 is 0 Å². The van der Waals surface area contributed by atoms with Gasteiger partial charge in [0.15, 0.2) is 0 Å². The van der Waals surface area contributed by atoms with Gasteiger partial charge in [0.1, 0.15) is 0 Å². The number of rotatable bonds is 1. The molecule has 0 atom stereocenters. The summed E-state index contributed by atoms with van der Waals surface area (Å²) in [6, 6.07) is 0.887. The summed E-state index contributed by atoms with van der Waals surface area (Å²) in [5.74, 6) is 0. The van der Waals surface area contributed by atoms with E-state index in [4.69, 9.17) is 0 Å². The van der Waals surface area contributed by atoms with Crippen molar-refractivity contribution in [3.8, 4) is 0 Å². The van der Waals surface area contributed by atoms with Gasteiger partial charge in [-0.2, -0.15) is 0 Å². The van der Waals surface area contributed by atoms with Crippen LogP contribution in [0.4, 0.5) is 0 Å². The maximum Gasteiger partial charge on any atom is 0.0110 e. The van der Waals surface area contributed by atoms with Gasteiger partial charge < -0.3 is 5.32 Å². The SMILES string of the molecule is CC1(C)CCC(N2CCCNCC2)CC1. The second-order valence-corrected chi connectivity index (χ2v) is 6.03. The summed E-state index contributed by atoms with van der Waals surface area (Å²) in [7, 11) is 0. The van der Waals surface area contributed by atoms with Crippen LogP contribution in [0, 0.1) is 5.41 Å². The molecule has 88 valence electrons. The Bertz CT molecular complexity index is 183. The van der Waals surface area contributed by atoms with Crippen molar-refractivity contribution in [3.63, 3.8) is 0 Å². The minimum Gasteiger partial charge on any atom is -0.315 e. The molecule has 0 amide bonds. The van der Waals surface area contributed by atoms with Crippen molar-refractivity contribution in [2.24, 2.45) is 5.41 Å². The van der Waals surface area contributed by atoms with E-state index < -0.39 is 0 Å². The van der Waals surface area contributed by atoms with Crippen LogP contribution in [0.1, 0.15) is 46.0 Å². The molecular formula is C13H26N2. The second kappa shape index (κ2) is 4.84. The van der Waals surface area contributed by atoms with E-state index >= 15 is 0 Å².